The van der Waals surface area contributed by atoms with Crippen molar-refractivity contribution in [3.8, 4) is 11.5 Å². The summed E-state index contributed by atoms with van der Waals surface area (Å²) in [5, 5.41) is 16.6. The Kier molecular flexibility index (Phi) is 5.33. The van der Waals surface area contributed by atoms with Crippen molar-refractivity contribution in [2.45, 2.75) is 6.54 Å². The maximum Gasteiger partial charge on any atom is 0.166 e. The third-order valence-electron chi connectivity index (χ3n) is 4.21. The molecule has 1 heterocycles. The van der Waals surface area contributed by atoms with E-state index in [4.69, 9.17) is 4.74 Å². The van der Waals surface area contributed by atoms with Gasteiger partial charge in [-0.2, -0.15) is 5.10 Å². The first kappa shape index (κ1) is 16.3. The highest BCUT2D eigenvalue weighted by Crippen LogP contribution is 2.28. The minimum absolute atomic E-state index is 0.131. The smallest absolute Gasteiger partial charge is 0.166 e. The van der Waals surface area contributed by atoms with E-state index < -0.39 is 0 Å². The molecule has 5 nitrogen and oxygen atoms in total. The van der Waals surface area contributed by atoms with Crippen LogP contribution in [-0.4, -0.2) is 54.5 Å². The van der Waals surface area contributed by atoms with E-state index in [0.29, 0.717) is 11.3 Å². The van der Waals surface area contributed by atoms with Crippen LogP contribution >= 0.6 is 0 Å². The molecule has 0 aromatic heterocycles. The van der Waals surface area contributed by atoms with E-state index in [0.717, 1.165) is 32.7 Å². The fourth-order valence-electron chi connectivity index (χ4n) is 2.80. The molecule has 5 heteroatoms. The highest BCUT2D eigenvalue weighted by molar-refractivity contribution is 5.84. The molecule has 0 bridgehead atoms. The lowest BCUT2D eigenvalue weighted by Crippen LogP contribution is -2.43. The Morgan fingerprint density at radius 1 is 1.04 bits per heavy atom. The Balaban J connectivity index is 1.54. The quantitative estimate of drug-likeness (QED) is 0.858. The van der Waals surface area contributed by atoms with Crippen LogP contribution in [0, 0.1) is 0 Å². The van der Waals surface area contributed by atoms with Crippen LogP contribution in [-0.2, 0) is 6.54 Å². The van der Waals surface area contributed by atoms with Gasteiger partial charge in [-0.1, -0.05) is 36.4 Å². The number of aromatic hydroxyl groups is 1. The standard InChI is InChI=1S/C19H23N3O2/c1-24-18-9-5-8-17(19(18)23)14-20-22-12-10-21(11-13-22)15-16-6-3-2-4-7-16/h2-9,14,23H,10-13,15H2,1H3/b20-14-. The molecule has 0 amide bonds. The van der Waals surface area contributed by atoms with E-state index in [1.807, 2.05) is 23.2 Å². The van der Waals surface area contributed by atoms with Crippen molar-refractivity contribution in [3.63, 3.8) is 0 Å². The first-order valence-electron chi connectivity index (χ1n) is 8.17. The van der Waals surface area contributed by atoms with Crippen LogP contribution in [0.5, 0.6) is 11.5 Å². The molecule has 1 aliphatic rings. The van der Waals surface area contributed by atoms with Crippen LogP contribution in [0.3, 0.4) is 0 Å². The van der Waals surface area contributed by atoms with Crippen molar-refractivity contribution in [3.05, 3.63) is 59.7 Å². The normalized spacial score (nSPS) is 15.8. The van der Waals surface area contributed by atoms with E-state index in [1.54, 1.807) is 19.4 Å². The summed E-state index contributed by atoms with van der Waals surface area (Å²) in [6.07, 6.45) is 1.70. The summed E-state index contributed by atoms with van der Waals surface area (Å²) in [4.78, 5) is 2.43. The molecule has 2 aromatic carbocycles. The fourth-order valence-corrected chi connectivity index (χ4v) is 2.80. The third-order valence-corrected chi connectivity index (χ3v) is 4.21. The third kappa shape index (κ3) is 4.06. The molecule has 0 atom stereocenters. The van der Waals surface area contributed by atoms with Crippen molar-refractivity contribution < 1.29 is 9.84 Å². The maximum atomic E-state index is 10.1. The SMILES string of the molecule is COc1cccc(/C=N\N2CCN(Cc3ccccc3)CC2)c1O. The van der Waals surface area contributed by atoms with E-state index in [2.05, 4.69) is 34.3 Å². The molecule has 1 fully saturated rings. The van der Waals surface area contributed by atoms with Crippen molar-refractivity contribution >= 4 is 6.21 Å². The Hall–Kier alpha value is -2.53. The molecule has 1 saturated heterocycles. The molecule has 1 aliphatic heterocycles. The summed E-state index contributed by atoms with van der Waals surface area (Å²) >= 11 is 0. The number of rotatable bonds is 5. The molecule has 2 aromatic rings. The highest BCUT2D eigenvalue weighted by atomic mass is 16.5. The van der Waals surface area contributed by atoms with Gasteiger partial charge in [0.05, 0.1) is 13.3 Å². The largest absolute Gasteiger partial charge is 0.504 e. The molecule has 24 heavy (non-hydrogen) atoms. The molecule has 3 rings (SSSR count). The van der Waals surface area contributed by atoms with Crippen LogP contribution in [0.2, 0.25) is 0 Å². The van der Waals surface area contributed by atoms with Gasteiger partial charge >= 0.3 is 0 Å². The Bertz CT molecular complexity index is 680. The summed E-state index contributed by atoms with van der Waals surface area (Å²) in [6, 6.07) is 15.9. The van der Waals surface area contributed by atoms with E-state index in [9.17, 15) is 5.11 Å². The Morgan fingerprint density at radius 2 is 1.79 bits per heavy atom. The highest BCUT2D eigenvalue weighted by Gasteiger charge is 2.15. The molecule has 0 aliphatic carbocycles. The summed E-state index contributed by atoms with van der Waals surface area (Å²) in [5.41, 5.74) is 2.01. The number of nitrogens with zero attached hydrogens (tertiary/aromatic N) is 3. The van der Waals surface area contributed by atoms with Crippen LogP contribution in [0.15, 0.2) is 53.6 Å². The number of methoxy groups -OCH3 is 1. The lowest BCUT2D eigenvalue weighted by molar-refractivity contribution is 0.131. The van der Waals surface area contributed by atoms with Crippen LogP contribution < -0.4 is 4.74 Å². The number of ether oxygens (including phenoxy) is 1. The molecule has 126 valence electrons. The second-order valence-electron chi connectivity index (χ2n) is 5.86. The zero-order valence-electron chi connectivity index (χ0n) is 13.9. The Morgan fingerprint density at radius 3 is 2.50 bits per heavy atom. The van der Waals surface area contributed by atoms with Gasteiger partial charge in [-0.3, -0.25) is 9.91 Å². The topological polar surface area (TPSA) is 48.3 Å². The van der Waals surface area contributed by atoms with Crippen molar-refractivity contribution in [1.82, 2.24) is 9.91 Å². The number of benzene rings is 2. The molecule has 1 N–H and O–H groups in total. The van der Waals surface area contributed by atoms with Crippen molar-refractivity contribution in [1.29, 1.82) is 0 Å². The van der Waals surface area contributed by atoms with Crippen LogP contribution in [0.1, 0.15) is 11.1 Å². The average molecular weight is 325 g/mol. The van der Waals surface area contributed by atoms with Gasteiger partial charge in [0.25, 0.3) is 0 Å². The second-order valence-corrected chi connectivity index (χ2v) is 5.86. The van der Waals surface area contributed by atoms with Gasteiger partial charge in [0.1, 0.15) is 0 Å². The maximum absolute atomic E-state index is 10.1. The van der Waals surface area contributed by atoms with Crippen LogP contribution in [0.25, 0.3) is 0 Å². The van der Waals surface area contributed by atoms with E-state index >= 15 is 0 Å². The second kappa shape index (κ2) is 7.84. The van der Waals surface area contributed by atoms with Gasteiger partial charge < -0.3 is 9.84 Å². The van der Waals surface area contributed by atoms with Gasteiger partial charge in [0.2, 0.25) is 0 Å². The minimum Gasteiger partial charge on any atom is -0.504 e. The zero-order valence-corrected chi connectivity index (χ0v) is 13.9. The number of phenols is 1. The number of hydrogen-bond donors (Lipinski definition) is 1. The predicted molar refractivity (Wildman–Crippen MR) is 95.5 cm³/mol. The van der Waals surface area contributed by atoms with Gasteiger partial charge in [0, 0.05) is 38.3 Å². The molecular formula is C19H23N3O2. The molecule has 0 unspecified atom stereocenters. The lowest BCUT2D eigenvalue weighted by atomic mass is 10.2. The first-order chi connectivity index (χ1) is 11.8. The number of phenolic OH excluding ortho intramolecular Hbond substituents is 1. The average Bonchev–Trinajstić information content (AvgIpc) is 2.63. The number of para-hydroxylation sites is 1. The van der Waals surface area contributed by atoms with Gasteiger partial charge in [0.15, 0.2) is 11.5 Å². The van der Waals surface area contributed by atoms with Gasteiger partial charge in [-0.25, -0.2) is 0 Å². The van der Waals surface area contributed by atoms with Gasteiger partial charge in [-0.05, 0) is 17.7 Å². The van der Waals surface area contributed by atoms with Crippen molar-refractivity contribution in [2.24, 2.45) is 5.10 Å². The van der Waals surface area contributed by atoms with Crippen LogP contribution in [0.4, 0.5) is 0 Å². The number of hydrogen-bond acceptors (Lipinski definition) is 5. The Labute approximate surface area is 142 Å². The summed E-state index contributed by atoms with van der Waals surface area (Å²) < 4.78 is 5.12. The predicted octanol–water partition coefficient (Wildman–Crippen LogP) is 2.55. The fraction of sp³-hybridized carbons (Fsp3) is 0.316. The van der Waals surface area contributed by atoms with Crippen molar-refractivity contribution in [2.75, 3.05) is 33.3 Å². The summed E-state index contributed by atoms with van der Waals surface area (Å²) in [6.45, 7) is 4.71. The number of hydrazone groups is 1. The summed E-state index contributed by atoms with van der Waals surface area (Å²) in [5.74, 6) is 0.595. The monoisotopic (exact) mass is 325 g/mol. The molecular weight excluding hydrogens is 302 g/mol. The van der Waals surface area contributed by atoms with Gasteiger partial charge in [-0.15, -0.1) is 0 Å². The molecule has 0 radical (unpaired) electrons. The van der Waals surface area contributed by atoms with E-state index in [1.165, 1.54) is 5.56 Å². The summed E-state index contributed by atoms with van der Waals surface area (Å²) in [7, 11) is 1.54. The molecule has 0 saturated carbocycles. The molecule has 0 spiro atoms. The van der Waals surface area contributed by atoms with E-state index in [-0.39, 0.29) is 5.75 Å². The lowest BCUT2D eigenvalue weighted by Gasteiger charge is -2.33. The first-order valence-corrected chi connectivity index (χ1v) is 8.17. The minimum atomic E-state index is 0.131. The zero-order chi connectivity index (χ0) is 16.8. The number of piperazine rings is 1.